The number of carbonyl (C=O) groups is 1. The van der Waals surface area contributed by atoms with Gasteiger partial charge < -0.3 is 4.74 Å². The van der Waals surface area contributed by atoms with Gasteiger partial charge in [0.1, 0.15) is 11.6 Å². The summed E-state index contributed by atoms with van der Waals surface area (Å²) in [6.45, 7) is 3.37. The molecule has 13 heavy (non-hydrogen) atoms. The van der Waals surface area contributed by atoms with Gasteiger partial charge in [-0.25, -0.2) is 4.39 Å². The van der Waals surface area contributed by atoms with Crippen LogP contribution in [0.4, 0.5) is 4.39 Å². The Labute approximate surface area is 76.3 Å². The van der Waals surface area contributed by atoms with Crippen molar-refractivity contribution in [2.24, 2.45) is 0 Å². The molecular formula is C10H11FO2. The summed E-state index contributed by atoms with van der Waals surface area (Å²) in [6.07, 6.45) is 0.201. The van der Waals surface area contributed by atoms with Crippen molar-refractivity contribution in [1.29, 1.82) is 0 Å². The van der Waals surface area contributed by atoms with Gasteiger partial charge in [-0.2, -0.15) is 0 Å². The Morgan fingerprint density at radius 2 is 2.23 bits per heavy atom. The molecule has 1 atom stereocenters. The largest absolute Gasteiger partial charge is 0.483 e. The first-order valence-corrected chi connectivity index (χ1v) is 4.01. The monoisotopic (exact) mass is 182 g/mol. The van der Waals surface area contributed by atoms with E-state index in [-0.39, 0.29) is 5.82 Å². The molecule has 70 valence electrons. The first-order valence-electron chi connectivity index (χ1n) is 4.01. The van der Waals surface area contributed by atoms with E-state index in [2.05, 4.69) is 0 Å². The first kappa shape index (κ1) is 9.71. The molecule has 0 aliphatic rings. The maximum absolute atomic E-state index is 12.6. The SMILES string of the molecule is Cc1cc(F)ccc1OC(C)C=O. The second-order valence-electron chi connectivity index (χ2n) is 2.87. The molecule has 0 aromatic heterocycles. The summed E-state index contributed by atoms with van der Waals surface area (Å²) in [6, 6.07) is 4.19. The Hall–Kier alpha value is -1.38. The smallest absolute Gasteiger partial charge is 0.160 e. The Kier molecular flexibility index (Phi) is 3.01. The molecule has 0 radical (unpaired) electrons. The standard InChI is InChI=1S/C10H11FO2/c1-7-5-9(11)3-4-10(7)13-8(2)6-12/h3-6,8H,1-2H3. The zero-order chi connectivity index (χ0) is 9.84. The van der Waals surface area contributed by atoms with Crippen LogP contribution in [-0.4, -0.2) is 12.4 Å². The lowest BCUT2D eigenvalue weighted by Crippen LogP contribution is -2.13. The molecular weight excluding hydrogens is 171 g/mol. The van der Waals surface area contributed by atoms with Gasteiger partial charge in [-0.1, -0.05) is 0 Å². The fourth-order valence-electron chi connectivity index (χ4n) is 0.973. The van der Waals surface area contributed by atoms with Crippen LogP contribution < -0.4 is 4.74 Å². The number of ether oxygens (including phenoxy) is 1. The third-order valence-corrected chi connectivity index (χ3v) is 1.64. The van der Waals surface area contributed by atoms with Crippen molar-refractivity contribution in [2.45, 2.75) is 20.0 Å². The number of aldehydes is 1. The molecule has 0 amide bonds. The van der Waals surface area contributed by atoms with Crippen molar-refractivity contribution in [3.05, 3.63) is 29.6 Å². The molecule has 1 aromatic carbocycles. The average Bonchev–Trinajstić information content (AvgIpc) is 2.09. The molecule has 1 aromatic rings. The summed E-state index contributed by atoms with van der Waals surface area (Å²) < 4.78 is 17.9. The lowest BCUT2D eigenvalue weighted by atomic mass is 10.2. The Morgan fingerprint density at radius 3 is 2.77 bits per heavy atom. The third-order valence-electron chi connectivity index (χ3n) is 1.64. The first-order chi connectivity index (χ1) is 6.13. The molecule has 0 heterocycles. The van der Waals surface area contributed by atoms with Gasteiger partial charge in [-0.05, 0) is 37.6 Å². The zero-order valence-corrected chi connectivity index (χ0v) is 7.58. The summed E-state index contributed by atoms with van der Waals surface area (Å²) in [4.78, 5) is 10.3. The molecule has 0 saturated heterocycles. The number of benzene rings is 1. The van der Waals surface area contributed by atoms with Crippen LogP contribution in [0.3, 0.4) is 0 Å². The van der Waals surface area contributed by atoms with E-state index in [1.165, 1.54) is 18.2 Å². The van der Waals surface area contributed by atoms with Crippen LogP contribution in [-0.2, 0) is 4.79 Å². The summed E-state index contributed by atoms with van der Waals surface area (Å²) in [5.74, 6) is 0.240. The van der Waals surface area contributed by atoms with Crippen molar-refractivity contribution in [3.63, 3.8) is 0 Å². The Bertz CT molecular complexity index is 310. The van der Waals surface area contributed by atoms with E-state index in [4.69, 9.17) is 4.74 Å². The topological polar surface area (TPSA) is 26.3 Å². The average molecular weight is 182 g/mol. The predicted molar refractivity (Wildman–Crippen MR) is 47.3 cm³/mol. The van der Waals surface area contributed by atoms with E-state index in [0.29, 0.717) is 17.6 Å². The molecule has 1 unspecified atom stereocenters. The van der Waals surface area contributed by atoms with E-state index in [0.717, 1.165) is 0 Å². The molecule has 0 saturated carbocycles. The molecule has 0 N–H and O–H groups in total. The van der Waals surface area contributed by atoms with E-state index in [1.54, 1.807) is 13.8 Å². The van der Waals surface area contributed by atoms with Crippen molar-refractivity contribution in [1.82, 2.24) is 0 Å². The van der Waals surface area contributed by atoms with Crippen LogP contribution in [0.2, 0.25) is 0 Å². The highest BCUT2D eigenvalue weighted by Gasteiger charge is 2.04. The molecule has 0 aliphatic heterocycles. The van der Waals surface area contributed by atoms with Crippen LogP contribution in [0.15, 0.2) is 18.2 Å². The molecule has 3 heteroatoms. The van der Waals surface area contributed by atoms with Gasteiger partial charge in [0.05, 0.1) is 0 Å². The molecule has 2 nitrogen and oxygen atoms in total. The quantitative estimate of drug-likeness (QED) is 0.669. The van der Waals surface area contributed by atoms with Crippen LogP contribution in [0.5, 0.6) is 5.75 Å². The van der Waals surface area contributed by atoms with Crippen molar-refractivity contribution >= 4 is 6.29 Å². The highest BCUT2D eigenvalue weighted by Crippen LogP contribution is 2.19. The van der Waals surface area contributed by atoms with E-state index >= 15 is 0 Å². The van der Waals surface area contributed by atoms with Gasteiger partial charge in [0.2, 0.25) is 0 Å². The number of halogens is 1. The van der Waals surface area contributed by atoms with Gasteiger partial charge in [-0.15, -0.1) is 0 Å². The predicted octanol–water partition coefficient (Wildman–Crippen LogP) is 2.10. The number of hydrogen-bond donors (Lipinski definition) is 0. The van der Waals surface area contributed by atoms with E-state index in [9.17, 15) is 9.18 Å². The number of rotatable bonds is 3. The zero-order valence-electron chi connectivity index (χ0n) is 7.58. The highest BCUT2D eigenvalue weighted by atomic mass is 19.1. The minimum absolute atomic E-state index is 0.302. The number of hydrogen-bond acceptors (Lipinski definition) is 2. The summed E-state index contributed by atoms with van der Waals surface area (Å²) >= 11 is 0. The van der Waals surface area contributed by atoms with Gasteiger partial charge in [0.15, 0.2) is 12.4 Å². The van der Waals surface area contributed by atoms with Crippen LogP contribution >= 0.6 is 0 Å². The Morgan fingerprint density at radius 1 is 1.54 bits per heavy atom. The summed E-state index contributed by atoms with van der Waals surface area (Å²) in [7, 11) is 0. The van der Waals surface area contributed by atoms with Gasteiger partial charge >= 0.3 is 0 Å². The highest BCUT2D eigenvalue weighted by molar-refractivity contribution is 5.56. The fraction of sp³-hybridized carbons (Fsp3) is 0.300. The minimum atomic E-state index is -0.496. The van der Waals surface area contributed by atoms with Crippen LogP contribution in [0.1, 0.15) is 12.5 Å². The van der Waals surface area contributed by atoms with Crippen LogP contribution in [0, 0.1) is 12.7 Å². The van der Waals surface area contributed by atoms with Gasteiger partial charge in [0, 0.05) is 0 Å². The van der Waals surface area contributed by atoms with Crippen molar-refractivity contribution < 1.29 is 13.9 Å². The van der Waals surface area contributed by atoms with Crippen molar-refractivity contribution in [3.8, 4) is 5.75 Å². The normalized spacial score (nSPS) is 12.2. The maximum atomic E-state index is 12.6. The molecule has 0 bridgehead atoms. The van der Waals surface area contributed by atoms with E-state index < -0.39 is 6.10 Å². The molecule has 0 aliphatic carbocycles. The lowest BCUT2D eigenvalue weighted by Gasteiger charge is -2.10. The van der Waals surface area contributed by atoms with Crippen LogP contribution in [0.25, 0.3) is 0 Å². The summed E-state index contributed by atoms with van der Waals surface area (Å²) in [5.41, 5.74) is 0.689. The molecule has 0 spiro atoms. The maximum Gasteiger partial charge on any atom is 0.160 e. The van der Waals surface area contributed by atoms with Crippen molar-refractivity contribution in [2.75, 3.05) is 0 Å². The summed E-state index contributed by atoms with van der Waals surface area (Å²) in [5, 5.41) is 0. The second kappa shape index (κ2) is 4.03. The number of carbonyl (C=O) groups excluding carboxylic acids is 1. The van der Waals surface area contributed by atoms with Gasteiger partial charge in [0.25, 0.3) is 0 Å². The third kappa shape index (κ3) is 2.54. The molecule has 0 fully saturated rings. The Balaban J connectivity index is 2.83. The van der Waals surface area contributed by atoms with Gasteiger partial charge in [-0.3, -0.25) is 4.79 Å². The lowest BCUT2D eigenvalue weighted by molar-refractivity contribution is -0.113. The fourth-order valence-corrected chi connectivity index (χ4v) is 0.973. The van der Waals surface area contributed by atoms with E-state index in [1.807, 2.05) is 0 Å². The second-order valence-corrected chi connectivity index (χ2v) is 2.87. The molecule has 1 rings (SSSR count). The number of aryl methyl sites for hydroxylation is 1. The minimum Gasteiger partial charge on any atom is -0.483 e.